The first-order valence-electron chi connectivity index (χ1n) is 8.51. The van der Waals surface area contributed by atoms with Crippen LogP contribution in [0.4, 0.5) is 8.78 Å². The predicted octanol–water partition coefficient (Wildman–Crippen LogP) is 3.12. The Morgan fingerprint density at radius 2 is 2.04 bits per heavy atom. The molecule has 138 valence electrons. The maximum absolute atomic E-state index is 13.9. The lowest BCUT2D eigenvalue weighted by molar-refractivity contribution is -0.139. The average molecular weight is 355 g/mol. The van der Waals surface area contributed by atoms with Gasteiger partial charge in [0.15, 0.2) is 11.6 Å². The number of carbonyl (C=O) groups is 2. The van der Waals surface area contributed by atoms with Gasteiger partial charge in [-0.05, 0) is 31.7 Å². The molecule has 1 aliphatic heterocycles. The van der Waals surface area contributed by atoms with E-state index in [1.54, 1.807) is 0 Å². The average Bonchev–Trinajstić information content (AvgIpc) is 2.60. The number of aliphatic carboxylic acids is 1. The van der Waals surface area contributed by atoms with Gasteiger partial charge in [0.1, 0.15) is 0 Å². The lowest BCUT2D eigenvalue weighted by Gasteiger charge is -2.25. The molecule has 1 fully saturated rings. The topological polar surface area (TPSA) is 66.8 Å². The molecule has 0 aliphatic carbocycles. The van der Waals surface area contributed by atoms with Crippen LogP contribution in [0.2, 0.25) is 0 Å². The Morgan fingerprint density at radius 3 is 2.72 bits per heavy atom. The fraction of sp³-hybridized carbons (Fsp3) is 0.556. The van der Waals surface area contributed by atoms with Crippen LogP contribution in [0.15, 0.2) is 18.2 Å². The number of carboxylic acids is 1. The van der Waals surface area contributed by atoms with E-state index >= 15 is 0 Å². The minimum absolute atomic E-state index is 0.0323. The van der Waals surface area contributed by atoms with E-state index in [0.717, 1.165) is 25.3 Å². The smallest absolute Gasteiger partial charge is 0.305 e. The highest BCUT2D eigenvalue weighted by Crippen LogP contribution is 2.19. The molecule has 7 heteroatoms. The Hall–Kier alpha value is -2.02. The van der Waals surface area contributed by atoms with E-state index in [0.29, 0.717) is 13.0 Å². The third-order valence-electron chi connectivity index (χ3n) is 4.30. The van der Waals surface area contributed by atoms with E-state index < -0.39 is 17.6 Å². The lowest BCUT2D eigenvalue weighted by atomic mass is 10.0. The molecule has 0 spiro atoms. The van der Waals surface area contributed by atoms with Crippen LogP contribution in [0.5, 0.6) is 0 Å². The molecular weight excluding hydrogens is 332 g/mol. The number of hydrogen-bond acceptors (Lipinski definition) is 3. The Morgan fingerprint density at radius 1 is 1.24 bits per heavy atom. The molecule has 25 heavy (non-hydrogen) atoms. The maximum Gasteiger partial charge on any atom is 0.305 e. The van der Waals surface area contributed by atoms with Gasteiger partial charge in [0.05, 0.1) is 12.5 Å². The monoisotopic (exact) mass is 355 g/mol. The first-order valence-corrected chi connectivity index (χ1v) is 8.51. The predicted molar refractivity (Wildman–Crippen MR) is 86.9 cm³/mol. The second-order valence-corrected chi connectivity index (χ2v) is 6.20. The van der Waals surface area contributed by atoms with Crippen molar-refractivity contribution in [3.05, 3.63) is 35.4 Å². The van der Waals surface area contributed by atoms with E-state index in [9.17, 15) is 18.4 Å². The molecule has 1 aliphatic rings. The van der Waals surface area contributed by atoms with Crippen molar-refractivity contribution < 1.29 is 28.2 Å². The van der Waals surface area contributed by atoms with Crippen molar-refractivity contribution in [2.75, 3.05) is 13.2 Å². The standard InChI is InChI=1S/C18H23F2NO4/c19-15-6-3-4-13(18(15)20)12-21(10-9-17(23)24)16(22)8-7-14-5-1-2-11-25-14/h3-4,6,14H,1-2,5,7-12H2,(H,23,24)/t14-/m1/s1. The summed E-state index contributed by atoms with van der Waals surface area (Å²) in [5.41, 5.74) is 0.0349. The minimum atomic E-state index is -1.05. The van der Waals surface area contributed by atoms with E-state index in [1.807, 2.05) is 0 Å². The third kappa shape index (κ3) is 6.08. The van der Waals surface area contributed by atoms with Crippen LogP contribution in [-0.4, -0.2) is 41.1 Å². The minimum Gasteiger partial charge on any atom is -0.481 e. The van der Waals surface area contributed by atoms with E-state index in [4.69, 9.17) is 9.84 Å². The molecule has 1 saturated heterocycles. The highest BCUT2D eigenvalue weighted by atomic mass is 19.2. The second-order valence-electron chi connectivity index (χ2n) is 6.20. The molecule has 1 aromatic rings. The van der Waals surface area contributed by atoms with Gasteiger partial charge in [0.2, 0.25) is 5.91 Å². The van der Waals surface area contributed by atoms with Crippen molar-refractivity contribution in [2.45, 2.75) is 51.2 Å². The van der Waals surface area contributed by atoms with Crippen molar-refractivity contribution >= 4 is 11.9 Å². The number of rotatable bonds is 8. The Labute approximate surface area is 145 Å². The van der Waals surface area contributed by atoms with E-state index in [2.05, 4.69) is 0 Å². The van der Waals surface area contributed by atoms with E-state index in [-0.39, 0.29) is 43.5 Å². The van der Waals surface area contributed by atoms with Crippen molar-refractivity contribution in [1.82, 2.24) is 4.90 Å². The summed E-state index contributed by atoms with van der Waals surface area (Å²) in [7, 11) is 0. The Bertz CT molecular complexity index is 603. The number of carboxylic acid groups (broad SMARTS) is 1. The van der Waals surface area contributed by atoms with Crippen molar-refractivity contribution in [1.29, 1.82) is 0 Å². The summed E-state index contributed by atoms with van der Waals surface area (Å²) >= 11 is 0. The summed E-state index contributed by atoms with van der Waals surface area (Å²) < 4.78 is 32.8. The van der Waals surface area contributed by atoms with Gasteiger partial charge in [-0.1, -0.05) is 12.1 Å². The molecule has 1 aromatic carbocycles. The zero-order valence-electron chi connectivity index (χ0n) is 14.0. The zero-order valence-corrected chi connectivity index (χ0v) is 14.0. The number of halogens is 2. The maximum atomic E-state index is 13.9. The van der Waals surface area contributed by atoms with Gasteiger partial charge in [-0.15, -0.1) is 0 Å². The Balaban J connectivity index is 1.99. The lowest BCUT2D eigenvalue weighted by Crippen LogP contribution is -2.34. The number of carbonyl (C=O) groups excluding carboxylic acids is 1. The summed E-state index contributed by atoms with van der Waals surface area (Å²) in [5, 5.41) is 8.85. The summed E-state index contributed by atoms with van der Waals surface area (Å²) in [6.45, 7) is 0.493. The summed E-state index contributed by atoms with van der Waals surface area (Å²) in [6, 6.07) is 3.76. The molecule has 0 aromatic heterocycles. The van der Waals surface area contributed by atoms with Crippen LogP contribution in [0.1, 0.15) is 44.1 Å². The molecule has 0 saturated carbocycles. The van der Waals surface area contributed by atoms with Crippen LogP contribution in [0.3, 0.4) is 0 Å². The molecule has 0 radical (unpaired) electrons. The number of hydrogen-bond donors (Lipinski definition) is 1. The molecule has 2 rings (SSSR count). The zero-order chi connectivity index (χ0) is 18.2. The quantitative estimate of drug-likeness (QED) is 0.778. The first kappa shape index (κ1) is 19.3. The normalized spacial score (nSPS) is 17.3. The second kappa shape index (κ2) is 9.46. The van der Waals surface area contributed by atoms with Gasteiger partial charge in [-0.2, -0.15) is 0 Å². The summed E-state index contributed by atoms with van der Waals surface area (Å²) in [4.78, 5) is 24.5. The molecule has 1 N–H and O–H groups in total. The van der Waals surface area contributed by atoms with Crippen LogP contribution in [0, 0.1) is 11.6 Å². The highest BCUT2D eigenvalue weighted by Gasteiger charge is 2.21. The molecule has 0 bridgehead atoms. The van der Waals surface area contributed by atoms with Gasteiger partial charge in [0.25, 0.3) is 0 Å². The van der Waals surface area contributed by atoms with Crippen LogP contribution in [0.25, 0.3) is 0 Å². The third-order valence-corrected chi connectivity index (χ3v) is 4.30. The van der Waals surface area contributed by atoms with E-state index in [1.165, 1.54) is 17.0 Å². The van der Waals surface area contributed by atoms with Crippen molar-refractivity contribution in [3.8, 4) is 0 Å². The molecular formula is C18H23F2NO4. The molecule has 5 nitrogen and oxygen atoms in total. The van der Waals surface area contributed by atoms with Crippen molar-refractivity contribution in [3.63, 3.8) is 0 Å². The number of ether oxygens (including phenoxy) is 1. The fourth-order valence-electron chi connectivity index (χ4n) is 2.88. The molecule has 1 atom stereocenters. The molecule has 1 heterocycles. The van der Waals surface area contributed by atoms with Crippen molar-refractivity contribution in [2.24, 2.45) is 0 Å². The fourth-order valence-corrected chi connectivity index (χ4v) is 2.88. The number of nitrogens with zero attached hydrogens (tertiary/aromatic N) is 1. The molecule has 1 amide bonds. The van der Waals surface area contributed by atoms with Gasteiger partial charge in [-0.25, -0.2) is 8.78 Å². The van der Waals surface area contributed by atoms with Gasteiger partial charge >= 0.3 is 5.97 Å². The van der Waals surface area contributed by atoms with Gasteiger partial charge in [0, 0.05) is 31.7 Å². The van der Waals surface area contributed by atoms with Crippen LogP contribution >= 0.6 is 0 Å². The number of amides is 1. The van der Waals surface area contributed by atoms with Crippen LogP contribution < -0.4 is 0 Å². The Kier molecular flexibility index (Phi) is 7.31. The van der Waals surface area contributed by atoms with Gasteiger partial charge in [-0.3, -0.25) is 9.59 Å². The SMILES string of the molecule is O=C(O)CCN(Cc1cccc(F)c1F)C(=O)CC[C@H]1CCCCO1. The largest absolute Gasteiger partial charge is 0.481 e. The van der Waals surface area contributed by atoms with Gasteiger partial charge < -0.3 is 14.7 Å². The highest BCUT2D eigenvalue weighted by molar-refractivity contribution is 5.77. The first-order chi connectivity index (χ1) is 12.0. The van der Waals surface area contributed by atoms with Crippen LogP contribution in [-0.2, 0) is 20.9 Å². The number of benzene rings is 1. The summed E-state index contributed by atoms with van der Waals surface area (Å²) in [6.07, 6.45) is 3.52. The molecule has 0 unspecified atom stereocenters. The summed E-state index contributed by atoms with van der Waals surface area (Å²) in [5.74, 6) is -3.32.